The van der Waals surface area contributed by atoms with Crippen molar-refractivity contribution in [3.8, 4) is 11.3 Å². The molecule has 172 valence electrons. The van der Waals surface area contributed by atoms with Crippen LogP contribution < -0.4 is 10.6 Å². The first-order valence-electron chi connectivity index (χ1n) is 11.5. The lowest BCUT2D eigenvalue weighted by Gasteiger charge is -2.21. The molecule has 5 aromatic rings. The largest absolute Gasteiger partial charge is 0.370 e. The van der Waals surface area contributed by atoms with Crippen LogP contribution in [0.15, 0.2) is 48.7 Å². The number of benzene rings is 2. The molecule has 0 bridgehead atoms. The van der Waals surface area contributed by atoms with Crippen molar-refractivity contribution >= 4 is 44.4 Å². The number of fused-ring (bicyclic) bond motifs is 4. The number of aromatic amines is 1. The number of carbonyl (C=O) groups excluding carboxylic acids is 1. The lowest BCUT2D eigenvalue weighted by molar-refractivity contribution is 0.100. The molecular formula is C26H27N7O. The Kier molecular flexibility index (Phi) is 4.60. The second-order valence-electron chi connectivity index (χ2n) is 9.39. The van der Waals surface area contributed by atoms with Gasteiger partial charge in [-0.1, -0.05) is 6.07 Å². The Morgan fingerprint density at radius 3 is 2.79 bits per heavy atom. The lowest BCUT2D eigenvalue weighted by atomic mass is 10.1. The maximum Gasteiger partial charge on any atom is 0.250 e. The van der Waals surface area contributed by atoms with Crippen LogP contribution in [0.5, 0.6) is 0 Å². The van der Waals surface area contributed by atoms with E-state index in [1.54, 1.807) is 6.07 Å². The predicted octanol–water partition coefficient (Wildman–Crippen LogP) is 3.51. The molecule has 1 aliphatic heterocycles. The number of amides is 1. The summed E-state index contributed by atoms with van der Waals surface area (Å²) in [5.41, 5.74) is 12.5. The van der Waals surface area contributed by atoms with Crippen LogP contribution in [0, 0.1) is 0 Å². The van der Waals surface area contributed by atoms with Gasteiger partial charge in [0.15, 0.2) is 0 Å². The first-order chi connectivity index (χ1) is 16.4. The van der Waals surface area contributed by atoms with Crippen molar-refractivity contribution in [3.63, 3.8) is 0 Å². The van der Waals surface area contributed by atoms with E-state index in [9.17, 15) is 4.79 Å². The number of likely N-dealkylation sites (N-methyl/N-ethyl adjacent to an activating group) is 1. The average Bonchev–Trinajstić information content (AvgIpc) is 3.55. The van der Waals surface area contributed by atoms with Crippen LogP contribution in [0.25, 0.3) is 44.1 Å². The van der Waals surface area contributed by atoms with Gasteiger partial charge >= 0.3 is 0 Å². The topological polar surface area (TPSA) is 96.1 Å². The molecule has 0 radical (unpaired) electrons. The zero-order valence-corrected chi connectivity index (χ0v) is 19.5. The van der Waals surface area contributed by atoms with Crippen molar-refractivity contribution in [1.29, 1.82) is 0 Å². The van der Waals surface area contributed by atoms with Crippen molar-refractivity contribution in [3.05, 3.63) is 54.2 Å². The molecule has 4 heterocycles. The molecule has 1 saturated heterocycles. The molecule has 0 unspecified atom stereocenters. The molecule has 34 heavy (non-hydrogen) atoms. The number of aryl methyl sites for hydroxylation is 1. The summed E-state index contributed by atoms with van der Waals surface area (Å²) in [5.74, 6) is -0.476. The number of anilines is 1. The van der Waals surface area contributed by atoms with E-state index in [1.807, 2.05) is 36.1 Å². The molecule has 0 aliphatic carbocycles. The zero-order valence-electron chi connectivity index (χ0n) is 19.5. The average molecular weight is 454 g/mol. The summed E-state index contributed by atoms with van der Waals surface area (Å²) in [6.07, 6.45) is 2.98. The summed E-state index contributed by atoms with van der Waals surface area (Å²) in [6.45, 7) is 2.03. The Morgan fingerprint density at radius 2 is 2.03 bits per heavy atom. The summed E-state index contributed by atoms with van der Waals surface area (Å²) >= 11 is 0. The van der Waals surface area contributed by atoms with E-state index in [4.69, 9.17) is 10.7 Å². The van der Waals surface area contributed by atoms with Gasteiger partial charge in [-0.15, -0.1) is 0 Å². The minimum absolute atomic E-state index is 0.442. The maximum atomic E-state index is 12.4. The van der Waals surface area contributed by atoms with Crippen LogP contribution in [-0.2, 0) is 7.05 Å². The van der Waals surface area contributed by atoms with E-state index in [-0.39, 0.29) is 0 Å². The van der Waals surface area contributed by atoms with Crippen molar-refractivity contribution in [2.45, 2.75) is 12.5 Å². The SMILES string of the molecule is CN(C)[C@@H]1CCN(c2ccc3c(c2)[nH]c2c(C(N)=O)cc(-c4ccc5c(cnn5C)c4)nc23)C1. The Hall–Kier alpha value is -3.91. The van der Waals surface area contributed by atoms with Crippen LogP contribution >= 0.6 is 0 Å². The van der Waals surface area contributed by atoms with Crippen molar-refractivity contribution < 1.29 is 4.79 Å². The highest BCUT2D eigenvalue weighted by Crippen LogP contribution is 2.33. The molecule has 8 nitrogen and oxygen atoms in total. The molecule has 1 aliphatic rings. The number of H-pyrrole nitrogens is 1. The third-order valence-corrected chi connectivity index (χ3v) is 7.10. The first-order valence-corrected chi connectivity index (χ1v) is 11.5. The predicted molar refractivity (Wildman–Crippen MR) is 136 cm³/mol. The Balaban J connectivity index is 1.48. The highest BCUT2D eigenvalue weighted by atomic mass is 16.1. The highest BCUT2D eigenvalue weighted by molar-refractivity contribution is 6.14. The van der Waals surface area contributed by atoms with Crippen LogP contribution in [0.4, 0.5) is 5.69 Å². The van der Waals surface area contributed by atoms with Crippen molar-refractivity contribution in [2.24, 2.45) is 12.8 Å². The molecule has 0 spiro atoms. The number of nitrogens with one attached hydrogen (secondary N) is 1. The number of hydrogen-bond acceptors (Lipinski definition) is 5. The maximum absolute atomic E-state index is 12.4. The number of nitrogens with two attached hydrogens (primary N) is 1. The van der Waals surface area contributed by atoms with Crippen LogP contribution in [0.2, 0.25) is 0 Å². The molecule has 8 heteroatoms. The normalized spacial score (nSPS) is 16.5. The third-order valence-electron chi connectivity index (χ3n) is 7.10. The second kappa shape index (κ2) is 7.56. The molecule has 1 amide bonds. The van der Waals surface area contributed by atoms with Gasteiger partial charge in [0.25, 0.3) is 5.91 Å². The van der Waals surface area contributed by atoms with Crippen molar-refractivity contribution in [2.75, 3.05) is 32.1 Å². The van der Waals surface area contributed by atoms with E-state index in [0.29, 0.717) is 22.8 Å². The summed E-state index contributed by atoms with van der Waals surface area (Å²) in [6, 6.07) is 14.8. The minimum Gasteiger partial charge on any atom is -0.370 e. The number of primary amides is 1. The first kappa shape index (κ1) is 20.7. The molecule has 1 atom stereocenters. The van der Waals surface area contributed by atoms with E-state index in [1.165, 1.54) is 5.69 Å². The number of hydrogen-bond donors (Lipinski definition) is 2. The number of pyridine rings is 1. The molecule has 6 rings (SSSR count). The van der Waals surface area contributed by atoms with Gasteiger partial charge < -0.3 is 20.5 Å². The van der Waals surface area contributed by atoms with Gasteiger partial charge in [-0.2, -0.15) is 5.10 Å². The van der Waals surface area contributed by atoms with Gasteiger partial charge in [-0.25, -0.2) is 4.98 Å². The number of nitrogens with zero attached hydrogens (tertiary/aromatic N) is 5. The Bertz CT molecular complexity index is 1580. The van der Waals surface area contributed by atoms with Gasteiger partial charge in [0.05, 0.1) is 39.5 Å². The number of aromatic nitrogens is 4. The summed E-state index contributed by atoms with van der Waals surface area (Å²) in [5, 5.41) is 6.33. The summed E-state index contributed by atoms with van der Waals surface area (Å²) in [4.78, 5) is 25.5. The quantitative estimate of drug-likeness (QED) is 0.434. The van der Waals surface area contributed by atoms with Gasteiger partial charge in [-0.05, 0) is 56.9 Å². The molecule has 1 fully saturated rings. The molecule has 0 saturated carbocycles. The smallest absolute Gasteiger partial charge is 0.250 e. The fraction of sp³-hybridized carbons (Fsp3) is 0.269. The van der Waals surface area contributed by atoms with E-state index < -0.39 is 5.91 Å². The number of carbonyl (C=O) groups is 1. The minimum atomic E-state index is -0.476. The van der Waals surface area contributed by atoms with Gasteiger partial charge in [-0.3, -0.25) is 9.48 Å². The monoisotopic (exact) mass is 453 g/mol. The van der Waals surface area contributed by atoms with Gasteiger partial charge in [0.2, 0.25) is 0 Å². The van der Waals surface area contributed by atoms with E-state index >= 15 is 0 Å². The molecule has 2 aromatic carbocycles. The van der Waals surface area contributed by atoms with Crippen LogP contribution in [0.1, 0.15) is 16.8 Å². The second-order valence-corrected chi connectivity index (χ2v) is 9.39. The molecule has 3 aromatic heterocycles. The van der Waals surface area contributed by atoms with Crippen LogP contribution in [-0.4, -0.2) is 63.8 Å². The summed E-state index contributed by atoms with van der Waals surface area (Å²) in [7, 11) is 6.19. The van der Waals surface area contributed by atoms with Crippen LogP contribution in [0.3, 0.4) is 0 Å². The standard InChI is InChI=1S/C26H27N7O/c1-31(2)18-8-9-33(14-18)17-5-6-19-22(11-17)30-25-20(26(27)34)12-21(29-24(19)25)15-4-7-23-16(10-15)13-28-32(23)3/h4-7,10-13,18,30H,8-9,14H2,1-3H3,(H2,27,34)/t18-/m1/s1. The number of rotatable bonds is 4. The Morgan fingerprint density at radius 1 is 1.18 bits per heavy atom. The third kappa shape index (κ3) is 3.21. The lowest BCUT2D eigenvalue weighted by Crippen LogP contribution is -2.31. The summed E-state index contributed by atoms with van der Waals surface area (Å²) < 4.78 is 1.84. The zero-order chi connectivity index (χ0) is 23.6. The van der Waals surface area contributed by atoms with Gasteiger partial charge in [0, 0.05) is 48.2 Å². The fourth-order valence-corrected chi connectivity index (χ4v) is 5.10. The van der Waals surface area contributed by atoms with Gasteiger partial charge in [0.1, 0.15) is 0 Å². The molecular weight excluding hydrogens is 426 g/mol. The van der Waals surface area contributed by atoms with Crippen molar-refractivity contribution in [1.82, 2.24) is 24.6 Å². The molecule has 3 N–H and O–H groups in total. The fourth-order valence-electron chi connectivity index (χ4n) is 5.10. The van der Waals surface area contributed by atoms with E-state index in [0.717, 1.165) is 52.4 Å². The Labute approximate surface area is 197 Å². The highest BCUT2D eigenvalue weighted by Gasteiger charge is 2.25. The van der Waals surface area contributed by atoms with E-state index in [2.05, 4.69) is 52.2 Å².